The summed E-state index contributed by atoms with van der Waals surface area (Å²) < 4.78 is 26.6. The van der Waals surface area contributed by atoms with Gasteiger partial charge in [0.2, 0.25) is 0 Å². The van der Waals surface area contributed by atoms with Gasteiger partial charge in [0.1, 0.15) is 19.8 Å². The van der Waals surface area contributed by atoms with Crippen molar-refractivity contribution >= 4 is 81.1 Å². The second-order valence-corrected chi connectivity index (χ2v) is 30.3. The van der Waals surface area contributed by atoms with Gasteiger partial charge in [-0.25, -0.2) is 29.5 Å². The SMILES string of the molecule is CC.CC.CC.CC.CC.CC.CC.CC.CC.CC.CCN1CCOC1=NC(Cc1ccccc1)c1ccccc1.CCN1CCSC1=NC(Cc1ccccc1)c1ccccc1.COC(=O)N1CCOC1=NC(Cc1ccccc1)c1ccccc1.COC(=O)N1CCSC1=NC(Cc1ccccc1)c1ccccc1.CSC(=O)N1CCOC1=NC(Cc1ccccc1)c1ccccc1. The van der Waals surface area contributed by atoms with Crippen LogP contribution in [0.3, 0.4) is 0 Å². The molecule has 10 aromatic rings. The maximum absolute atomic E-state index is 12.0. The van der Waals surface area contributed by atoms with Crippen LogP contribution in [0.25, 0.3) is 0 Å². The summed E-state index contributed by atoms with van der Waals surface area (Å²) in [7, 11) is 2.76. The number of hydrogen-bond donors (Lipinski definition) is 0. The molecular weight excluding hydrogens is 1750 g/mol. The number of hydrogen-bond acceptors (Lipinski definition) is 16. The van der Waals surface area contributed by atoms with E-state index in [9.17, 15) is 14.4 Å². The summed E-state index contributed by atoms with van der Waals surface area (Å²) in [6.07, 6.45) is 5.11. The molecule has 5 saturated heterocycles. The molecule has 15 rings (SSSR count). The predicted octanol–water partition coefficient (Wildman–Crippen LogP) is 30.0. The smallest absolute Gasteiger partial charge is 0.417 e. The molecule has 18 nitrogen and oxygen atoms in total. The number of aliphatic imine (C=N–C) groups is 5. The second kappa shape index (κ2) is 79.8. The standard InChI is InChI=1S/C19H20N2O3.2C19H20N2O2S.C19H22N2O.C19H22N2S.10C2H6/c1-23-19(22)21-12-13-24-18(21)20-17(16-10-6-3-7-11-16)14-15-8-4-2-5-9-15;1-24-19(22)21-12-13-23-18(21)20-17(16-10-6-3-7-11-16)14-15-8-4-2-5-9-15;1-23-19(22)21-12-13-24-18(21)20-17(16-10-6-3-7-11-16)14-15-8-4-2-5-9-15;2*1-2-21-13-14-22-19(21)20-18(17-11-7-4-8-12-17)15-16-9-5-3-6-10-16;10*1-2/h3*2-11,17H,12-14H2,1H3;2*3-12,18H,2,13-15H2,1H3;10*1-2H3. The maximum Gasteiger partial charge on any atom is 0.417 e. The van der Waals surface area contributed by atoms with E-state index in [4.69, 9.17) is 48.6 Å². The van der Waals surface area contributed by atoms with Crippen molar-refractivity contribution in [3.05, 3.63) is 359 Å². The molecule has 0 bridgehead atoms. The van der Waals surface area contributed by atoms with Crippen molar-refractivity contribution in [2.24, 2.45) is 25.0 Å². The number of rotatable bonds is 22. The molecule has 0 aromatic heterocycles. The summed E-state index contributed by atoms with van der Waals surface area (Å²) in [5, 5.41) is 1.91. The van der Waals surface area contributed by atoms with Crippen LogP contribution in [0.15, 0.2) is 328 Å². The number of likely N-dealkylation sites (N-methyl/N-ethyl adjacent to an activating group) is 1. The molecule has 5 heterocycles. The molecule has 21 heteroatoms. The minimum atomic E-state index is -0.447. The van der Waals surface area contributed by atoms with Crippen molar-refractivity contribution in [2.45, 2.75) is 215 Å². The Balaban J connectivity index is 0.000000811. The molecule has 10 aromatic carbocycles. The van der Waals surface area contributed by atoms with E-state index in [1.165, 1.54) is 75.0 Å². The number of carbonyl (C=O) groups is 3. The Labute approximate surface area is 834 Å². The summed E-state index contributed by atoms with van der Waals surface area (Å²) in [6, 6.07) is 105. The molecule has 0 saturated carbocycles. The van der Waals surface area contributed by atoms with Crippen molar-refractivity contribution in [1.82, 2.24) is 24.5 Å². The molecule has 136 heavy (non-hydrogen) atoms. The van der Waals surface area contributed by atoms with Crippen molar-refractivity contribution in [3.63, 3.8) is 0 Å². The van der Waals surface area contributed by atoms with Crippen molar-refractivity contribution < 1.29 is 38.1 Å². The van der Waals surface area contributed by atoms with Gasteiger partial charge in [0, 0.05) is 37.7 Å². The number of benzene rings is 10. The van der Waals surface area contributed by atoms with Crippen LogP contribution in [0.5, 0.6) is 0 Å². The normalized spacial score (nSPS) is 15.1. The first-order valence-corrected chi connectivity index (χ1v) is 52.8. The van der Waals surface area contributed by atoms with Gasteiger partial charge in [-0.1, -0.05) is 477 Å². The number of ether oxygens (including phenoxy) is 5. The first-order chi connectivity index (χ1) is 67.1. The zero-order valence-electron chi connectivity index (χ0n) is 86.7. The molecule has 0 spiro atoms. The third-order valence-electron chi connectivity index (χ3n) is 19.6. The van der Waals surface area contributed by atoms with Crippen molar-refractivity contribution in [2.75, 3.05) is 97.6 Å². The van der Waals surface area contributed by atoms with Crippen LogP contribution < -0.4 is 0 Å². The molecule has 5 aliphatic heterocycles. The van der Waals surface area contributed by atoms with E-state index in [-0.39, 0.29) is 41.5 Å². The third kappa shape index (κ3) is 45.1. The number of amidine groups is 5. The van der Waals surface area contributed by atoms with Crippen LogP contribution in [0.1, 0.15) is 238 Å². The van der Waals surface area contributed by atoms with Gasteiger partial charge in [-0.2, -0.15) is 0 Å². The van der Waals surface area contributed by atoms with Gasteiger partial charge in [-0.3, -0.25) is 24.6 Å². The minimum Gasteiger partial charge on any atom is -0.463 e. The largest absolute Gasteiger partial charge is 0.463 e. The van der Waals surface area contributed by atoms with E-state index in [0.717, 1.165) is 104 Å². The first kappa shape index (κ1) is 123. The minimum absolute atomic E-state index is 0.0265. The van der Waals surface area contributed by atoms with E-state index in [1.54, 1.807) is 27.8 Å². The molecule has 3 amide bonds. The quantitative estimate of drug-likeness (QED) is 0.0627. The molecule has 5 aliphatic rings. The van der Waals surface area contributed by atoms with Crippen LogP contribution in [-0.4, -0.2) is 168 Å². The Morgan fingerprint density at radius 3 is 0.824 bits per heavy atom. The Hall–Kier alpha value is -11.4. The maximum atomic E-state index is 12.0. The van der Waals surface area contributed by atoms with E-state index in [0.29, 0.717) is 44.9 Å². The van der Waals surface area contributed by atoms with Crippen LogP contribution in [0, 0.1) is 0 Å². The number of carbonyl (C=O) groups excluding carboxylic acids is 3. The van der Waals surface area contributed by atoms with Gasteiger partial charge in [-0.15, -0.1) is 0 Å². The Bertz CT molecular complexity index is 4320. The van der Waals surface area contributed by atoms with Crippen LogP contribution in [0.4, 0.5) is 14.4 Å². The lowest BCUT2D eigenvalue weighted by Crippen LogP contribution is -2.33. The molecule has 5 fully saturated rings. The molecule has 740 valence electrons. The van der Waals surface area contributed by atoms with Crippen LogP contribution in [0.2, 0.25) is 0 Å². The number of nitrogens with zero attached hydrogens (tertiary/aromatic N) is 10. The topological polar surface area (TPSA) is 175 Å². The lowest BCUT2D eigenvalue weighted by atomic mass is 9.99. The lowest BCUT2D eigenvalue weighted by molar-refractivity contribution is 0.148. The monoisotopic (exact) mass is 1910 g/mol. The fourth-order valence-corrected chi connectivity index (χ4v) is 15.9. The number of thioether (sulfide) groups is 3. The lowest BCUT2D eigenvalue weighted by Gasteiger charge is -2.19. The third-order valence-corrected chi connectivity index (χ3v) is 22.2. The molecule has 0 radical (unpaired) electrons. The fraction of sp³-hybridized carbons (Fsp3) is 0.409. The molecular formula is C115H164N10O8S3. The highest BCUT2D eigenvalue weighted by Gasteiger charge is 2.32. The van der Waals surface area contributed by atoms with Gasteiger partial charge < -0.3 is 33.5 Å². The van der Waals surface area contributed by atoms with Gasteiger partial charge in [0.25, 0.3) is 23.3 Å². The van der Waals surface area contributed by atoms with E-state index in [1.807, 2.05) is 284 Å². The highest BCUT2D eigenvalue weighted by molar-refractivity contribution is 8.14. The molecule has 0 aliphatic carbocycles. The zero-order valence-corrected chi connectivity index (χ0v) is 89.2. The van der Waals surface area contributed by atoms with Gasteiger partial charge in [0.15, 0.2) is 10.3 Å². The van der Waals surface area contributed by atoms with E-state index >= 15 is 0 Å². The summed E-state index contributed by atoms with van der Waals surface area (Å²) in [4.78, 5) is 69.4. The van der Waals surface area contributed by atoms with Crippen LogP contribution in [-0.2, 0) is 55.8 Å². The Morgan fingerprint density at radius 2 is 0.529 bits per heavy atom. The molecule has 5 unspecified atom stereocenters. The molecule has 0 N–H and O–H groups in total. The van der Waals surface area contributed by atoms with Gasteiger partial charge in [0.05, 0.1) is 64.1 Å². The Morgan fingerprint density at radius 1 is 0.294 bits per heavy atom. The number of methoxy groups -OCH3 is 2. The number of amides is 3. The summed E-state index contributed by atoms with van der Waals surface area (Å²) in [5.41, 5.74) is 12.1. The second-order valence-electron chi connectivity index (χ2n) is 27.4. The van der Waals surface area contributed by atoms with Gasteiger partial charge in [-0.05, 0) is 108 Å². The summed E-state index contributed by atoms with van der Waals surface area (Å²) in [5.74, 6) is 2.00. The summed E-state index contributed by atoms with van der Waals surface area (Å²) >= 11 is 4.67. The van der Waals surface area contributed by atoms with Gasteiger partial charge >= 0.3 is 12.2 Å². The molecule has 5 atom stereocenters. The van der Waals surface area contributed by atoms with E-state index < -0.39 is 6.09 Å². The van der Waals surface area contributed by atoms with Crippen molar-refractivity contribution in [1.29, 1.82) is 0 Å². The highest BCUT2D eigenvalue weighted by Crippen LogP contribution is 2.32. The first-order valence-electron chi connectivity index (χ1n) is 49.6. The average molecular weight is 1910 g/mol. The highest BCUT2D eigenvalue weighted by atomic mass is 32.2. The Kier molecular flexibility index (Phi) is 71.9. The van der Waals surface area contributed by atoms with E-state index in [2.05, 4.69) is 194 Å². The summed E-state index contributed by atoms with van der Waals surface area (Å²) in [6.45, 7) is 51.7. The predicted molar refractivity (Wildman–Crippen MR) is 588 cm³/mol. The van der Waals surface area contributed by atoms with Crippen molar-refractivity contribution in [3.8, 4) is 0 Å². The average Bonchev–Trinajstić information content (AvgIpc) is 1.63. The van der Waals surface area contributed by atoms with Crippen LogP contribution >= 0.6 is 35.3 Å². The zero-order chi connectivity index (χ0) is 101. The fourth-order valence-electron chi connectivity index (χ4n) is 13.5.